The molecule has 144 valence electrons. The van der Waals surface area contributed by atoms with Crippen molar-refractivity contribution in [3.8, 4) is 0 Å². The molecule has 0 saturated heterocycles. The van der Waals surface area contributed by atoms with Crippen molar-refractivity contribution in [1.82, 2.24) is 0 Å². The van der Waals surface area contributed by atoms with Crippen LogP contribution in [-0.2, 0) is 17.6 Å². The first kappa shape index (κ1) is 18.9. The maximum Gasteiger partial charge on any atom is 0.137 e. The topological polar surface area (TPSA) is 17.1 Å². The van der Waals surface area contributed by atoms with Crippen LogP contribution in [0.2, 0.25) is 0 Å². The molecule has 1 nitrogen and oxygen atoms in total. The third kappa shape index (κ3) is 4.52. The number of allylic oxidation sites excluding steroid dienone is 4. The smallest absolute Gasteiger partial charge is 0.137 e. The molecule has 0 amide bonds. The van der Waals surface area contributed by atoms with Crippen LogP contribution in [-0.4, -0.2) is 5.78 Å². The van der Waals surface area contributed by atoms with E-state index in [2.05, 4.69) is 73.7 Å². The minimum Gasteiger partial charge on any atom is -0.299 e. The molecule has 0 aliphatic heterocycles. The molecule has 4 rings (SSSR count). The standard InChI is InChI=1S/C27H30O/c1-2-6-20-9-11-21(12-10-20)19-25(28)17-15-24-16-18-26(27(24)23-13-14-23)22-7-4-3-5-8-22/h3-5,7-12,16,18,23,27H,2,6,13-15,17,19H2,1H3. The van der Waals surface area contributed by atoms with Gasteiger partial charge in [0.05, 0.1) is 0 Å². The van der Waals surface area contributed by atoms with Gasteiger partial charge >= 0.3 is 0 Å². The minimum atomic E-state index is 0.354. The number of hydrogen-bond acceptors (Lipinski definition) is 1. The average molecular weight is 371 g/mol. The molecule has 2 aromatic rings. The first-order chi connectivity index (χ1) is 13.7. The van der Waals surface area contributed by atoms with Crippen LogP contribution in [0.5, 0.6) is 0 Å². The van der Waals surface area contributed by atoms with Gasteiger partial charge in [0.25, 0.3) is 0 Å². The molecular weight excluding hydrogens is 340 g/mol. The van der Waals surface area contributed by atoms with Crippen LogP contribution in [0.3, 0.4) is 0 Å². The van der Waals surface area contributed by atoms with Crippen molar-refractivity contribution in [2.24, 2.45) is 11.8 Å². The Morgan fingerprint density at radius 3 is 2.29 bits per heavy atom. The summed E-state index contributed by atoms with van der Waals surface area (Å²) in [5.74, 6) is 1.66. The van der Waals surface area contributed by atoms with E-state index in [0.717, 1.165) is 30.7 Å². The maximum absolute atomic E-state index is 12.6. The third-order valence-electron chi connectivity index (χ3n) is 6.07. The molecule has 1 atom stereocenters. The maximum atomic E-state index is 12.6. The molecule has 0 spiro atoms. The normalized spacial score (nSPS) is 18.7. The van der Waals surface area contributed by atoms with Gasteiger partial charge in [-0.3, -0.25) is 4.79 Å². The lowest BCUT2D eigenvalue weighted by Gasteiger charge is -2.19. The van der Waals surface area contributed by atoms with Crippen LogP contribution in [0.25, 0.3) is 5.57 Å². The number of hydrogen-bond donors (Lipinski definition) is 0. The Balaban J connectivity index is 1.33. The predicted octanol–water partition coefficient (Wildman–Crippen LogP) is 6.58. The first-order valence-electron chi connectivity index (χ1n) is 10.8. The zero-order valence-corrected chi connectivity index (χ0v) is 16.9. The highest BCUT2D eigenvalue weighted by Crippen LogP contribution is 2.50. The summed E-state index contributed by atoms with van der Waals surface area (Å²) in [6.07, 6.45) is 11.6. The van der Waals surface area contributed by atoms with Gasteiger partial charge in [0.1, 0.15) is 5.78 Å². The highest BCUT2D eigenvalue weighted by atomic mass is 16.1. The molecular formula is C27H30O. The highest BCUT2D eigenvalue weighted by molar-refractivity contribution is 5.82. The van der Waals surface area contributed by atoms with Crippen molar-refractivity contribution in [3.05, 3.63) is 89.0 Å². The second-order valence-electron chi connectivity index (χ2n) is 8.33. The van der Waals surface area contributed by atoms with Crippen LogP contribution < -0.4 is 0 Å². The van der Waals surface area contributed by atoms with Crippen LogP contribution in [0.1, 0.15) is 55.7 Å². The average Bonchev–Trinajstić information content (AvgIpc) is 3.47. The van der Waals surface area contributed by atoms with E-state index < -0.39 is 0 Å². The molecule has 0 aromatic heterocycles. The zero-order chi connectivity index (χ0) is 19.3. The Kier molecular flexibility index (Phi) is 5.90. The molecule has 1 fully saturated rings. The van der Waals surface area contributed by atoms with Gasteiger partial charge in [0, 0.05) is 18.8 Å². The Bertz CT molecular complexity index is 866. The number of carbonyl (C=O) groups is 1. The molecule has 0 N–H and O–H groups in total. The number of benzene rings is 2. The third-order valence-corrected chi connectivity index (χ3v) is 6.07. The summed E-state index contributed by atoms with van der Waals surface area (Å²) in [5, 5.41) is 0. The molecule has 0 heterocycles. The van der Waals surface area contributed by atoms with Crippen molar-refractivity contribution in [3.63, 3.8) is 0 Å². The fourth-order valence-electron chi connectivity index (χ4n) is 4.45. The fourth-order valence-corrected chi connectivity index (χ4v) is 4.45. The van der Waals surface area contributed by atoms with Crippen LogP contribution in [0.4, 0.5) is 0 Å². The molecule has 1 unspecified atom stereocenters. The van der Waals surface area contributed by atoms with Crippen LogP contribution >= 0.6 is 0 Å². The molecule has 1 heteroatoms. The van der Waals surface area contributed by atoms with Gasteiger partial charge in [-0.05, 0) is 53.9 Å². The molecule has 0 radical (unpaired) electrons. The largest absolute Gasteiger partial charge is 0.299 e. The van der Waals surface area contributed by atoms with Crippen molar-refractivity contribution in [2.45, 2.75) is 51.9 Å². The summed E-state index contributed by atoms with van der Waals surface area (Å²) >= 11 is 0. The highest BCUT2D eigenvalue weighted by Gasteiger charge is 2.37. The van der Waals surface area contributed by atoms with E-state index >= 15 is 0 Å². The molecule has 2 aliphatic carbocycles. The Hall–Kier alpha value is -2.41. The monoisotopic (exact) mass is 370 g/mol. The van der Waals surface area contributed by atoms with E-state index in [9.17, 15) is 4.79 Å². The lowest BCUT2D eigenvalue weighted by Crippen LogP contribution is -2.09. The van der Waals surface area contributed by atoms with Crippen LogP contribution in [0, 0.1) is 11.8 Å². The van der Waals surface area contributed by atoms with E-state index in [1.54, 1.807) is 0 Å². The van der Waals surface area contributed by atoms with Gasteiger partial charge in [0.15, 0.2) is 0 Å². The summed E-state index contributed by atoms with van der Waals surface area (Å²) in [6.45, 7) is 2.20. The minimum absolute atomic E-state index is 0.354. The van der Waals surface area contributed by atoms with E-state index in [0.29, 0.717) is 24.5 Å². The molecule has 2 aliphatic rings. The van der Waals surface area contributed by atoms with E-state index in [1.165, 1.54) is 35.1 Å². The lowest BCUT2D eigenvalue weighted by molar-refractivity contribution is -0.118. The number of carbonyl (C=O) groups excluding carboxylic acids is 1. The van der Waals surface area contributed by atoms with Gasteiger partial charge in [0.2, 0.25) is 0 Å². The van der Waals surface area contributed by atoms with Crippen molar-refractivity contribution < 1.29 is 4.79 Å². The van der Waals surface area contributed by atoms with Crippen molar-refractivity contribution in [1.29, 1.82) is 0 Å². The van der Waals surface area contributed by atoms with Gasteiger partial charge in [-0.1, -0.05) is 85.7 Å². The second kappa shape index (κ2) is 8.73. The first-order valence-corrected chi connectivity index (χ1v) is 10.8. The quantitative estimate of drug-likeness (QED) is 0.487. The molecule has 2 aromatic carbocycles. The summed E-state index contributed by atoms with van der Waals surface area (Å²) in [6, 6.07) is 19.3. The zero-order valence-electron chi connectivity index (χ0n) is 16.9. The molecule has 28 heavy (non-hydrogen) atoms. The number of Topliss-reactive ketones (excluding diaryl/α,β-unsaturated/α-hetero) is 1. The lowest BCUT2D eigenvalue weighted by atomic mass is 9.84. The Morgan fingerprint density at radius 1 is 0.893 bits per heavy atom. The number of aryl methyl sites for hydroxylation is 1. The Labute approximate surface area is 169 Å². The second-order valence-corrected chi connectivity index (χ2v) is 8.33. The van der Waals surface area contributed by atoms with E-state index in [-0.39, 0.29) is 0 Å². The van der Waals surface area contributed by atoms with Gasteiger partial charge in [-0.25, -0.2) is 0 Å². The number of ketones is 1. The Morgan fingerprint density at radius 2 is 1.61 bits per heavy atom. The fraction of sp³-hybridized carbons (Fsp3) is 0.370. The van der Waals surface area contributed by atoms with Gasteiger partial charge in [-0.2, -0.15) is 0 Å². The van der Waals surface area contributed by atoms with Crippen LogP contribution in [0.15, 0.2) is 72.3 Å². The predicted molar refractivity (Wildman–Crippen MR) is 117 cm³/mol. The number of rotatable bonds is 9. The van der Waals surface area contributed by atoms with Crippen molar-refractivity contribution in [2.75, 3.05) is 0 Å². The molecule has 0 bridgehead atoms. The van der Waals surface area contributed by atoms with E-state index in [4.69, 9.17) is 0 Å². The van der Waals surface area contributed by atoms with Gasteiger partial charge in [-0.15, -0.1) is 0 Å². The summed E-state index contributed by atoms with van der Waals surface area (Å²) in [4.78, 5) is 12.6. The summed E-state index contributed by atoms with van der Waals surface area (Å²) < 4.78 is 0. The summed E-state index contributed by atoms with van der Waals surface area (Å²) in [7, 11) is 0. The van der Waals surface area contributed by atoms with E-state index in [1.807, 2.05) is 0 Å². The SMILES string of the molecule is CCCc1ccc(CC(=O)CCC2=CC=C(c3ccccc3)C2C2CC2)cc1. The molecule has 1 saturated carbocycles. The van der Waals surface area contributed by atoms with Crippen molar-refractivity contribution >= 4 is 11.4 Å². The summed E-state index contributed by atoms with van der Waals surface area (Å²) in [5.41, 5.74) is 6.77. The van der Waals surface area contributed by atoms with Gasteiger partial charge < -0.3 is 0 Å².